The molecule has 0 saturated carbocycles. The third-order valence-electron chi connectivity index (χ3n) is 2.91. The third kappa shape index (κ3) is 4.70. The average molecular weight is 287 g/mol. The molecule has 1 aromatic heterocycles. The van der Waals surface area contributed by atoms with Gasteiger partial charge in [-0.2, -0.15) is 0 Å². The first kappa shape index (κ1) is 15.2. The SMILES string of the molecule is CCOCCCN=C(NN)Nc1cnc2ccccc2c1. The number of hydrazine groups is 1. The Balaban J connectivity index is 1.97. The molecule has 6 nitrogen and oxygen atoms in total. The van der Waals surface area contributed by atoms with Gasteiger partial charge in [0.05, 0.1) is 17.4 Å². The van der Waals surface area contributed by atoms with Gasteiger partial charge in [0, 0.05) is 25.1 Å². The standard InChI is InChI=1S/C15H21N5O/c1-2-21-9-5-8-17-15(20-16)19-13-10-12-6-3-4-7-14(12)18-11-13/h3-4,6-7,10-11H,2,5,8-9,16H2,1H3,(H2,17,19,20). The Bertz CT molecular complexity index is 599. The van der Waals surface area contributed by atoms with Gasteiger partial charge in [-0.1, -0.05) is 18.2 Å². The van der Waals surface area contributed by atoms with Gasteiger partial charge < -0.3 is 10.1 Å². The zero-order valence-electron chi connectivity index (χ0n) is 12.2. The summed E-state index contributed by atoms with van der Waals surface area (Å²) in [6.45, 7) is 4.06. The highest BCUT2D eigenvalue weighted by Gasteiger charge is 2.00. The molecule has 4 N–H and O–H groups in total. The summed E-state index contributed by atoms with van der Waals surface area (Å²) in [4.78, 5) is 8.73. The number of anilines is 1. The number of para-hydroxylation sites is 1. The molecule has 21 heavy (non-hydrogen) atoms. The van der Waals surface area contributed by atoms with E-state index >= 15 is 0 Å². The van der Waals surface area contributed by atoms with Crippen LogP contribution in [-0.4, -0.2) is 30.7 Å². The van der Waals surface area contributed by atoms with E-state index in [1.807, 2.05) is 37.3 Å². The summed E-state index contributed by atoms with van der Waals surface area (Å²) in [5.74, 6) is 6.00. The molecule has 112 valence electrons. The predicted octanol–water partition coefficient (Wildman–Crippen LogP) is 1.89. The minimum Gasteiger partial charge on any atom is -0.382 e. The zero-order valence-corrected chi connectivity index (χ0v) is 12.2. The van der Waals surface area contributed by atoms with E-state index in [1.54, 1.807) is 6.20 Å². The summed E-state index contributed by atoms with van der Waals surface area (Å²) in [6.07, 6.45) is 2.62. The number of ether oxygens (including phenoxy) is 1. The Morgan fingerprint density at radius 2 is 2.24 bits per heavy atom. The largest absolute Gasteiger partial charge is 0.382 e. The number of nitrogens with zero attached hydrogens (tertiary/aromatic N) is 2. The first-order valence-electron chi connectivity index (χ1n) is 7.04. The normalized spacial score (nSPS) is 11.6. The fourth-order valence-electron chi connectivity index (χ4n) is 1.90. The van der Waals surface area contributed by atoms with Crippen molar-refractivity contribution < 1.29 is 4.74 Å². The van der Waals surface area contributed by atoms with Crippen molar-refractivity contribution >= 4 is 22.5 Å². The first-order valence-corrected chi connectivity index (χ1v) is 7.04. The smallest absolute Gasteiger partial charge is 0.210 e. The highest BCUT2D eigenvalue weighted by atomic mass is 16.5. The van der Waals surface area contributed by atoms with Crippen molar-refractivity contribution in [2.24, 2.45) is 10.8 Å². The van der Waals surface area contributed by atoms with E-state index in [-0.39, 0.29) is 0 Å². The number of aliphatic imine (C=N–C) groups is 1. The number of fused-ring (bicyclic) bond motifs is 1. The van der Waals surface area contributed by atoms with Gasteiger partial charge in [-0.15, -0.1) is 0 Å². The average Bonchev–Trinajstić information content (AvgIpc) is 2.53. The minimum absolute atomic E-state index is 0.517. The summed E-state index contributed by atoms with van der Waals surface area (Å²) in [7, 11) is 0. The van der Waals surface area contributed by atoms with Gasteiger partial charge in [0.15, 0.2) is 0 Å². The van der Waals surface area contributed by atoms with Crippen LogP contribution in [0.3, 0.4) is 0 Å². The lowest BCUT2D eigenvalue weighted by atomic mass is 10.2. The van der Waals surface area contributed by atoms with Gasteiger partial charge >= 0.3 is 0 Å². The Morgan fingerprint density at radius 1 is 1.38 bits per heavy atom. The molecular formula is C15H21N5O. The summed E-state index contributed by atoms with van der Waals surface area (Å²) in [5, 5.41) is 4.19. The number of hydrogen-bond donors (Lipinski definition) is 3. The lowest BCUT2D eigenvalue weighted by Gasteiger charge is -2.09. The lowest BCUT2D eigenvalue weighted by molar-refractivity contribution is 0.146. The van der Waals surface area contributed by atoms with Crippen LogP contribution in [0.15, 0.2) is 41.5 Å². The number of nitrogens with one attached hydrogen (secondary N) is 2. The second kappa shape index (κ2) is 8.18. The topological polar surface area (TPSA) is 84.6 Å². The van der Waals surface area contributed by atoms with Gasteiger partial charge in [-0.05, 0) is 25.5 Å². The number of benzene rings is 1. The lowest BCUT2D eigenvalue weighted by Crippen LogP contribution is -2.36. The second-order valence-electron chi connectivity index (χ2n) is 4.47. The number of hydrogen-bond acceptors (Lipinski definition) is 4. The number of rotatable bonds is 6. The molecule has 2 rings (SSSR count). The first-order chi connectivity index (χ1) is 10.3. The molecular weight excluding hydrogens is 266 g/mol. The van der Waals surface area contributed by atoms with Gasteiger partial charge in [0.1, 0.15) is 0 Å². The molecule has 0 bridgehead atoms. The molecule has 0 unspecified atom stereocenters. The molecule has 0 saturated heterocycles. The van der Waals surface area contributed by atoms with Crippen LogP contribution < -0.4 is 16.6 Å². The fourth-order valence-corrected chi connectivity index (χ4v) is 1.90. The van der Waals surface area contributed by atoms with Gasteiger partial charge in [-0.25, -0.2) is 5.84 Å². The molecule has 0 aliphatic carbocycles. The van der Waals surface area contributed by atoms with Crippen LogP contribution in [0, 0.1) is 0 Å². The highest BCUT2D eigenvalue weighted by molar-refractivity contribution is 5.95. The van der Waals surface area contributed by atoms with Crippen LogP contribution in [0.25, 0.3) is 10.9 Å². The minimum atomic E-state index is 0.517. The molecule has 6 heteroatoms. The van der Waals surface area contributed by atoms with Crippen molar-refractivity contribution in [1.29, 1.82) is 0 Å². The predicted molar refractivity (Wildman–Crippen MR) is 86.1 cm³/mol. The van der Waals surface area contributed by atoms with Crippen LogP contribution >= 0.6 is 0 Å². The van der Waals surface area contributed by atoms with Crippen LogP contribution in [-0.2, 0) is 4.74 Å². The molecule has 1 aromatic carbocycles. The van der Waals surface area contributed by atoms with E-state index < -0.39 is 0 Å². The molecule has 0 radical (unpaired) electrons. The van der Waals surface area contributed by atoms with Crippen molar-refractivity contribution in [2.45, 2.75) is 13.3 Å². The van der Waals surface area contributed by atoms with Crippen LogP contribution in [0.4, 0.5) is 5.69 Å². The second-order valence-corrected chi connectivity index (χ2v) is 4.47. The van der Waals surface area contributed by atoms with Crippen molar-refractivity contribution in [3.05, 3.63) is 36.5 Å². The van der Waals surface area contributed by atoms with E-state index in [0.717, 1.165) is 29.6 Å². The quantitative estimate of drug-likeness (QED) is 0.248. The van der Waals surface area contributed by atoms with Crippen LogP contribution in [0.2, 0.25) is 0 Å². The monoisotopic (exact) mass is 287 g/mol. The summed E-state index contributed by atoms with van der Waals surface area (Å²) < 4.78 is 5.26. The van der Waals surface area contributed by atoms with Crippen LogP contribution in [0.1, 0.15) is 13.3 Å². The molecule has 0 spiro atoms. The van der Waals surface area contributed by atoms with Gasteiger partial charge in [0.2, 0.25) is 5.96 Å². The molecule has 0 amide bonds. The van der Waals surface area contributed by atoms with E-state index in [0.29, 0.717) is 19.1 Å². The zero-order chi connectivity index (χ0) is 14.9. The number of pyridine rings is 1. The van der Waals surface area contributed by atoms with Crippen molar-refractivity contribution in [3.63, 3.8) is 0 Å². The Morgan fingerprint density at radius 3 is 3.05 bits per heavy atom. The molecule has 2 aromatic rings. The van der Waals surface area contributed by atoms with E-state index in [1.165, 1.54) is 0 Å². The highest BCUT2D eigenvalue weighted by Crippen LogP contribution is 2.15. The molecule has 0 aliphatic heterocycles. The molecule has 1 heterocycles. The molecule has 0 atom stereocenters. The number of guanidine groups is 1. The van der Waals surface area contributed by atoms with Crippen molar-refractivity contribution in [1.82, 2.24) is 10.4 Å². The summed E-state index contributed by atoms with van der Waals surface area (Å²) in [6, 6.07) is 9.95. The maximum Gasteiger partial charge on any atom is 0.210 e. The Hall–Kier alpha value is -2.18. The van der Waals surface area contributed by atoms with Crippen LogP contribution in [0.5, 0.6) is 0 Å². The third-order valence-corrected chi connectivity index (χ3v) is 2.91. The number of nitrogens with two attached hydrogens (primary N) is 1. The molecule has 0 fully saturated rings. The number of aromatic nitrogens is 1. The molecule has 0 aliphatic rings. The van der Waals surface area contributed by atoms with E-state index in [4.69, 9.17) is 10.6 Å². The van der Waals surface area contributed by atoms with Gasteiger partial charge in [-0.3, -0.25) is 15.4 Å². The summed E-state index contributed by atoms with van der Waals surface area (Å²) in [5.41, 5.74) is 4.36. The van der Waals surface area contributed by atoms with E-state index in [9.17, 15) is 0 Å². The van der Waals surface area contributed by atoms with E-state index in [2.05, 4.69) is 20.7 Å². The Kier molecular flexibility index (Phi) is 5.93. The fraction of sp³-hybridized carbons (Fsp3) is 0.333. The maximum atomic E-state index is 5.48. The van der Waals surface area contributed by atoms with Crippen molar-refractivity contribution in [2.75, 3.05) is 25.1 Å². The maximum absolute atomic E-state index is 5.48. The van der Waals surface area contributed by atoms with Gasteiger partial charge in [0.25, 0.3) is 0 Å². The van der Waals surface area contributed by atoms with Crippen molar-refractivity contribution in [3.8, 4) is 0 Å². The summed E-state index contributed by atoms with van der Waals surface area (Å²) >= 11 is 0. The Labute approximate surface area is 124 Å².